The van der Waals surface area contributed by atoms with Crippen LogP contribution in [0.1, 0.15) is 48.9 Å². The normalized spacial score (nSPS) is 15.5. The summed E-state index contributed by atoms with van der Waals surface area (Å²) in [6.07, 6.45) is 6.55. The summed E-state index contributed by atoms with van der Waals surface area (Å²) in [5.74, 6) is -0.259. The molecule has 0 spiro atoms. The minimum absolute atomic E-state index is 0.0849. The monoisotopic (exact) mass is 335 g/mol. The molecule has 0 unspecified atom stereocenters. The fraction of sp³-hybridized carbons (Fsp3) is 0.588. The van der Waals surface area contributed by atoms with Crippen LogP contribution in [0.25, 0.3) is 0 Å². The number of benzene rings is 1. The van der Waals surface area contributed by atoms with Crippen molar-refractivity contribution in [2.24, 2.45) is 0 Å². The van der Waals surface area contributed by atoms with Crippen LogP contribution in [0.15, 0.2) is 18.2 Å². The number of methoxy groups -OCH3 is 1. The molecule has 1 aromatic carbocycles. The molecule has 0 radical (unpaired) electrons. The third-order valence-corrected chi connectivity index (χ3v) is 4.27. The zero-order valence-electron chi connectivity index (χ0n) is 14.0. The van der Waals surface area contributed by atoms with Crippen molar-refractivity contribution in [3.63, 3.8) is 0 Å². The summed E-state index contributed by atoms with van der Waals surface area (Å²) in [5, 5.41) is 17.2. The van der Waals surface area contributed by atoms with Gasteiger partial charge in [-0.15, -0.1) is 0 Å². The van der Waals surface area contributed by atoms with Crippen LogP contribution in [0.4, 0.5) is 11.4 Å². The molecular formula is C17H25N3O4. The quantitative estimate of drug-likeness (QED) is 0.346. The Morgan fingerprint density at radius 3 is 2.62 bits per heavy atom. The number of ether oxygens (including phenoxy) is 1. The first-order valence-corrected chi connectivity index (χ1v) is 8.44. The van der Waals surface area contributed by atoms with Crippen molar-refractivity contribution in [1.82, 2.24) is 5.32 Å². The lowest BCUT2D eigenvalue weighted by Crippen LogP contribution is -2.35. The van der Waals surface area contributed by atoms with Crippen LogP contribution in [0, 0.1) is 10.1 Å². The van der Waals surface area contributed by atoms with Gasteiger partial charge in [-0.25, -0.2) is 0 Å². The molecule has 0 atom stereocenters. The van der Waals surface area contributed by atoms with E-state index in [2.05, 4.69) is 10.6 Å². The maximum absolute atomic E-state index is 12.6. The van der Waals surface area contributed by atoms with E-state index in [1.54, 1.807) is 13.2 Å². The lowest BCUT2D eigenvalue weighted by atomic mass is 10.1. The Morgan fingerprint density at radius 1 is 1.29 bits per heavy atom. The van der Waals surface area contributed by atoms with Crippen molar-refractivity contribution >= 4 is 17.3 Å². The van der Waals surface area contributed by atoms with Gasteiger partial charge in [0.05, 0.1) is 17.1 Å². The van der Waals surface area contributed by atoms with Crippen molar-refractivity contribution in [3.8, 4) is 0 Å². The number of nitrogens with one attached hydrogen (secondary N) is 2. The number of nitro benzene ring substituents is 1. The molecule has 132 valence electrons. The second-order valence-corrected chi connectivity index (χ2v) is 6.07. The largest absolute Gasteiger partial charge is 0.383 e. The minimum atomic E-state index is -0.485. The number of nitro groups is 1. The molecule has 2 N–H and O–H groups in total. The summed E-state index contributed by atoms with van der Waals surface area (Å²) < 4.78 is 4.99. The Hall–Kier alpha value is -2.15. The molecule has 2 rings (SSSR count). The van der Waals surface area contributed by atoms with Crippen molar-refractivity contribution in [2.45, 2.75) is 44.6 Å². The highest BCUT2D eigenvalue weighted by Gasteiger charge is 2.20. The number of nitrogens with zero attached hydrogens (tertiary/aromatic N) is 1. The Bertz CT molecular complexity index is 569. The first-order chi connectivity index (χ1) is 11.6. The van der Waals surface area contributed by atoms with E-state index < -0.39 is 4.92 Å². The van der Waals surface area contributed by atoms with Gasteiger partial charge >= 0.3 is 0 Å². The number of carbonyl (C=O) groups excluding carboxylic acids is 1. The summed E-state index contributed by atoms with van der Waals surface area (Å²) >= 11 is 0. The Labute approximate surface area is 141 Å². The van der Waals surface area contributed by atoms with Crippen LogP contribution in [0.5, 0.6) is 0 Å². The second kappa shape index (κ2) is 9.22. The number of rotatable bonds is 7. The number of hydrogen-bond donors (Lipinski definition) is 2. The van der Waals surface area contributed by atoms with E-state index in [1.807, 2.05) is 0 Å². The molecule has 0 aromatic heterocycles. The zero-order chi connectivity index (χ0) is 17.4. The van der Waals surface area contributed by atoms with Gasteiger partial charge in [-0.05, 0) is 18.9 Å². The molecule has 24 heavy (non-hydrogen) atoms. The second-order valence-electron chi connectivity index (χ2n) is 6.07. The molecule has 1 aliphatic rings. The molecule has 7 nitrogen and oxygen atoms in total. The molecule has 1 fully saturated rings. The smallest absolute Gasteiger partial charge is 0.270 e. The van der Waals surface area contributed by atoms with Gasteiger partial charge in [-0.1, -0.05) is 25.7 Å². The highest BCUT2D eigenvalue weighted by molar-refractivity contribution is 6.00. The number of amides is 1. The van der Waals surface area contributed by atoms with Crippen molar-refractivity contribution in [1.29, 1.82) is 0 Å². The van der Waals surface area contributed by atoms with Crippen LogP contribution >= 0.6 is 0 Å². The third-order valence-electron chi connectivity index (χ3n) is 4.27. The molecule has 0 bridgehead atoms. The van der Waals surface area contributed by atoms with E-state index in [1.165, 1.54) is 25.0 Å². The highest BCUT2D eigenvalue weighted by atomic mass is 16.6. The Kier molecular flexibility index (Phi) is 6.99. The first-order valence-electron chi connectivity index (χ1n) is 8.44. The summed E-state index contributed by atoms with van der Waals surface area (Å²) in [6, 6.07) is 4.46. The molecule has 0 saturated heterocycles. The molecule has 0 heterocycles. The van der Waals surface area contributed by atoms with E-state index >= 15 is 0 Å². The van der Waals surface area contributed by atoms with Crippen LogP contribution < -0.4 is 10.6 Å². The predicted octanol–water partition coefficient (Wildman–Crippen LogP) is 3.11. The predicted molar refractivity (Wildman–Crippen MR) is 92.4 cm³/mol. The molecule has 0 aliphatic heterocycles. The summed E-state index contributed by atoms with van der Waals surface area (Å²) in [7, 11) is 1.59. The Morgan fingerprint density at radius 2 is 2.00 bits per heavy atom. The van der Waals surface area contributed by atoms with Gasteiger partial charge < -0.3 is 15.4 Å². The van der Waals surface area contributed by atoms with Gasteiger partial charge in [0.1, 0.15) is 0 Å². The van der Waals surface area contributed by atoms with Crippen molar-refractivity contribution in [3.05, 3.63) is 33.9 Å². The summed E-state index contributed by atoms with van der Waals surface area (Å²) in [4.78, 5) is 23.2. The van der Waals surface area contributed by atoms with Crippen LogP contribution in [0.2, 0.25) is 0 Å². The first kappa shape index (κ1) is 18.2. The van der Waals surface area contributed by atoms with Gasteiger partial charge in [-0.3, -0.25) is 14.9 Å². The van der Waals surface area contributed by atoms with Gasteiger partial charge in [0, 0.05) is 37.5 Å². The average molecular weight is 335 g/mol. The van der Waals surface area contributed by atoms with Gasteiger partial charge in [-0.2, -0.15) is 0 Å². The van der Waals surface area contributed by atoms with Crippen LogP contribution in [-0.2, 0) is 4.74 Å². The van der Waals surface area contributed by atoms with E-state index in [4.69, 9.17) is 4.74 Å². The average Bonchev–Trinajstić information content (AvgIpc) is 2.83. The lowest BCUT2D eigenvalue weighted by molar-refractivity contribution is -0.384. The van der Waals surface area contributed by atoms with Gasteiger partial charge in [0.15, 0.2) is 0 Å². The fourth-order valence-corrected chi connectivity index (χ4v) is 2.96. The van der Waals surface area contributed by atoms with Crippen molar-refractivity contribution < 1.29 is 14.5 Å². The summed E-state index contributed by atoms with van der Waals surface area (Å²) in [5.41, 5.74) is 0.812. The van der Waals surface area contributed by atoms with Gasteiger partial charge in [0.2, 0.25) is 0 Å². The molecule has 1 saturated carbocycles. The van der Waals surface area contributed by atoms with E-state index in [0.29, 0.717) is 24.4 Å². The maximum Gasteiger partial charge on any atom is 0.270 e. The van der Waals surface area contributed by atoms with E-state index in [9.17, 15) is 14.9 Å². The molecular weight excluding hydrogens is 310 g/mol. The number of hydrogen-bond acceptors (Lipinski definition) is 5. The zero-order valence-corrected chi connectivity index (χ0v) is 14.0. The molecule has 1 amide bonds. The van der Waals surface area contributed by atoms with Gasteiger partial charge in [0.25, 0.3) is 11.6 Å². The van der Waals surface area contributed by atoms with Crippen molar-refractivity contribution in [2.75, 3.05) is 25.6 Å². The summed E-state index contributed by atoms with van der Waals surface area (Å²) in [6.45, 7) is 1.01. The highest BCUT2D eigenvalue weighted by Crippen LogP contribution is 2.23. The van der Waals surface area contributed by atoms with E-state index in [-0.39, 0.29) is 17.6 Å². The number of non-ortho nitro benzene ring substituents is 1. The van der Waals surface area contributed by atoms with Crippen LogP contribution in [0.3, 0.4) is 0 Å². The molecule has 1 aromatic rings. The fourth-order valence-electron chi connectivity index (χ4n) is 2.96. The SMILES string of the molecule is COCCNc1ccc([N+](=O)[O-])cc1C(=O)NC1CCCCCC1. The number of carbonyl (C=O) groups is 1. The molecule has 7 heteroatoms. The topological polar surface area (TPSA) is 93.5 Å². The van der Waals surface area contributed by atoms with E-state index in [0.717, 1.165) is 25.7 Å². The molecule has 1 aliphatic carbocycles. The minimum Gasteiger partial charge on any atom is -0.383 e. The third kappa shape index (κ3) is 5.19. The number of anilines is 1. The lowest BCUT2D eigenvalue weighted by Gasteiger charge is -2.18. The standard InChI is InChI=1S/C17H25N3O4/c1-24-11-10-18-16-9-8-14(20(22)23)12-15(16)17(21)19-13-6-4-2-3-5-7-13/h8-9,12-13,18H,2-7,10-11H2,1H3,(H,19,21). The maximum atomic E-state index is 12.6. The Balaban J connectivity index is 2.15. The van der Waals surface area contributed by atoms with Crippen LogP contribution in [-0.4, -0.2) is 37.1 Å².